The lowest BCUT2D eigenvalue weighted by molar-refractivity contribution is -0.145. The van der Waals surface area contributed by atoms with Gasteiger partial charge in [0.25, 0.3) is 0 Å². The standard InChI is InChI=1S/C27H35N3O4/c1-19-13-15-21(16-14-19)24(25(32)28-17-20-9-6-5-7-10-20)30(22-11-8-12-22)23(31)18-29-26(33)34-27(2,3)4/h5-7,9-10,13-16,22,24H,8,11-12,17-18H2,1-4H3,(H,28,32)(H,29,33). The van der Waals surface area contributed by atoms with Crippen LogP contribution in [0.2, 0.25) is 0 Å². The van der Waals surface area contributed by atoms with Gasteiger partial charge in [0.05, 0.1) is 0 Å². The molecule has 182 valence electrons. The van der Waals surface area contributed by atoms with Crippen molar-refractivity contribution in [1.82, 2.24) is 15.5 Å². The SMILES string of the molecule is Cc1ccc(C(C(=O)NCc2ccccc2)N(C(=O)CNC(=O)OC(C)(C)C)C2CCC2)cc1. The molecule has 7 nitrogen and oxygen atoms in total. The first-order valence-corrected chi connectivity index (χ1v) is 11.8. The van der Waals surface area contributed by atoms with Crippen LogP contribution in [0.15, 0.2) is 54.6 Å². The van der Waals surface area contributed by atoms with Gasteiger partial charge in [-0.25, -0.2) is 4.79 Å². The van der Waals surface area contributed by atoms with Crippen molar-refractivity contribution in [2.75, 3.05) is 6.54 Å². The summed E-state index contributed by atoms with van der Waals surface area (Å²) >= 11 is 0. The Morgan fingerprint density at radius 3 is 2.21 bits per heavy atom. The van der Waals surface area contributed by atoms with Gasteiger partial charge in [0.15, 0.2) is 0 Å². The van der Waals surface area contributed by atoms with Crippen LogP contribution in [0.1, 0.15) is 62.8 Å². The lowest BCUT2D eigenvalue weighted by Crippen LogP contribution is -2.53. The summed E-state index contributed by atoms with van der Waals surface area (Å²) in [7, 11) is 0. The van der Waals surface area contributed by atoms with Crippen LogP contribution in [0.4, 0.5) is 4.79 Å². The number of hydrogen-bond donors (Lipinski definition) is 2. The molecule has 0 bridgehead atoms. The molecule has 2 aromatic carbocycles. The van der Waals surface area contributed by atoms with Gasteiger partial charge in [0, 0.05) is 12.6 Å². The van der Waals surface area contributed by atoms with Gasteiger partial charge >= 0.3 is 6.09 Å². The third-order valence-corrected chi connectivity index (χ3v) is 5.77. The second-order valence-corrected chi connectivity index (χ2v) is 9.76. The van der Waals surface area contributed by atoms with Gasteiger partial charge < -0.3 is 20.3 Å². The van der Waals surface area contributed by atoms with Crippen molar-refractivity contribution in [3.8, 4) is 0 Å². The predicted octanol–water partition coefficient (Wildman–Crippen LogP) is 4.26. The fraction of sp³-hybridized carbons (Fsp3) is 0.444. The number of hydrogen-bond acceptors (Lipinski definition) is 4. The molecule has 3 amide bonds. The van der Waals surface area contributed by atoms with Crippen LogP contribution in [-0.4, -0.2) is 41.0 Å². The molecular formula is C27H35N3O4. The number of benzene rings is 2. The number of carbonyl (C=O) groups excluding carboxylic acids is 3. The minimum absolute atomic E-state index is 0.0540. The van der Waals surface area contributed by atoms with Crippen molar-refractivity contribution in [2.45, 2.75) is 71.2 Å². The van der Waals surface area contributed by atoms with E-state index in [1.807, 2.05) is 61.5 Å². The number of alkyl carbamates (subject to hydrolysis) is 1. The van der Waals surface area contributed by atoms with Crippen LogP contribution in [0, 0.1) is 6.92 Å². The Balaban J connectivity index is 1.82. The monoisotopic (exact) mass is 465 g/mol. The Kier molecular flexibility index (Phi) is 8.31. The van der Waals surface area contributed by atoms with Crippen LogP contribution in [0.3, 0.4) is 0 Å². The zero-order valence-corrected chi connectivity index (χ0v) is 20.5. The maximum atomic E-state index is 13.5. The summed E-state index contributed by atoms with van der Waals surface area (Å²) in [4.78, 5) is 40.7. The summed E-state index contributed by atoms with van der Waals surface area (Å²) in [5.41, 5.74) is 2.13. The Hall–Kier alpha value is -3.35. The van der Waals surface area contributed by atoms with E-state index in [2.05, 4.69) is 10.6 Å². The molecule has 0 aromatic heterocycles. The van der Waals surface area contributed by atoms with Gasteiger partial charge in [0.2, 0.25) is 11.8 Å². The van der Waals surface area contributed by atoms with E-state index in [1.165, 1.54) is 0 Å². The van der Waals surface area contributed by atoms with Crippen molar-refractivity contribution in [3.05, 3.63) is 71.3 Å². The fourth-order valence-corrected chi connectivity index (χ4v) is 3.85. The van der Waals surface area contributed by atoms with E-state index in [4.69, 9.17) is 4.74 Å². The van der Waals surface area contributed by atoms with Crippen LogP contribution in [0.5, 0.6) is 0 Å². The number of ether oxygens (including phenoxy) is 1. The Morgan fingerprint density at radius 2 is 1.65 bits per heavy atom. The molecule has 1 fully saturated rings. The average molecular weight is 466 g/mol. The minimum Gasteiger partial charge on any atom is -0.444 e. The van der Waals surface area contributed by atoms with Crippen molar-refractivity contribution < 1.29 is 19.1 Å². The largest absolute Gasteiger partial charge is 0.444 e. The highest BCUT2D eigenvalue weighted by Crippen LogP contribution is 2.33. The molecule has 0 spiro atoms. The molecule has 0 heterocycles. The van der Waals surface area contributed by atoms with Gasteiger partial charge in [-0.3, -0.25) is 9.59 Å². The first-order chi connectivity index (χ1) is 16.1. The van der Waals surface area contributed by atoms with Crippen LogP contribution in [-0.2, 0) is 20.9 Å². The minimum atomic E-state index is -0.789. The predicted molar refractivity (Wildman–Crippen MR) is 131 cm³/mol. The third kappa shape index (κ3) is 7.07. The molecule has 1 saturated carbocycles. The van der Waals surface area contributed by atoms with E-state index in [0.717, 1.165) is 36.0 Å². The maximum Gasteiger partial charge on any atom is 0.408 e. The van der Waals surface area contributed by atoms with Gasteiger partial charge in [0.1, 0.15) is 18.2 Å². The molecule has 0 aliphatic heterocycles. The van der Waals surface area contributed by atoms with Crippen LogP contribution < -0.4 is 10.6 Å². The Labute approximate surface area is 201 Å². The lowest BCUT2D eigenvalue weighted by Gasteiger charge is -2.42. The Morgan fingerprint density at radius 1 is 1.00 bits per heavy atom. The van der Waals surface area contributed by atoms with E-state index in [9.17, 15) is 14.4 Å². The number of rotatable bonds is 8. The smallest absolute Gasteiger partial charge is 0.408 e. The van der Waals surface area contributed by atoms with E-state index in [1.54, 1.807) is 25.7 Å². The normalized spacial score (nSPS) is 14.5. The summed E-state index contributed by atoms with van der Waals surface area (Å²) in [6, 6.07) is 16.5. The van der Waals surface area contributed by atoms with Gasteiger partial charge in [-0.05, 0) is 58.1 Å². The van der Waals surface area contributed by atoms with E-state index in [-0.39, 0.29) is 24.4 Å². The molecule has 3 rings (SSSR count). The molecule has 1 aliphatic rings. The summed E-state index contributed by atoms with van der Waals surface area (Å²) in [5, 5.41) is 5.55. The highest BCUT2D eigenvalue weighted by molar-refractivity contribution is 5.90. The molecular weight excluding hydrogens is 430 g/mol. The molecule has 2 aromatic rings. The molecule has 1 aliphatic carbocycles. The molecule has 0 radical (unpaired) electrons. The highest BCUT2D eigenvalue weighted by Gasteiger charge is 2.38. The second-order valence-electron chi connectivity index (χ2n) is 9.76. The summed E-state index contributed by atoms with van der Waals surface area (Å²) in [6.45, 7) is 7.40. The van der Waals surface area contributed by atoms with E-state index >= 15 is 0 Å². The summed E-state index contributed by atoms with van der Waals surface area (Å²) in [6.07, 6.45) is 1.99. The zero-order valence-electron chi connectivity index (χ0n) is 20.5. The fourth-order valence-electron chi connectivity index (χ4n) is 3.85. The molecule has 1 unspecified atom stereocenters. The van der Waals surface area contributed by atoms with Crippen LogP contribution >= 0.6 is 0 Å². The summed E-state index contributed by atoms with van der Waals surface area (Å²) in [5.74, 6) is -0.554. The number of carbonyl (C=O) groups is 3. The maximum absolute atomic E-state index is 13.5. The number of amides is 3. The first kappa shape index (κ1) is 25.3. The van der Waals surface area contributed by atoms with Crippen molar-refractivity contribution >= 4 is 17.9 Å². The molecule has 0 saturated heterocycles. The van der Waals surface area contributed by atoms with Gasteiger partial charge in [-0.15, -0.1) is 0 Å². The highest BCUT2D eigenvalue weighted by atomic mass is 16.6. The number of aryl methyl sites for hydroxylation is 1. The van der Waals surface area contributed by atoms with Crippen molar-refractivity contribution in [2.24, 2.45) is 0 Å². The average Bonchev–Trinajstić information content (AvgIpc) is 2.75. The molecule has 7 heteroatoms. The lowest BCUT2D eigenvalue weighted by atomic mass is 9.88. The zero-order chi connectivity index (χ0) is 24.7. The Bertz CT molecular complexity index is 979. The topological polar surface area (TPSA) is 87.7 Å². The van der Waals surface area contributed by atoms with E-state index in [0.29, 0.717) is 6.54 Å². The second kappa shape index (κ2) is 11.2. The van der Waals surface area contributed by atoms with Crippen LogP contribution in [0.25, 0.3) is 0 Å². The molecule has 34 heavy (non-hydrogen) atoms. The quantitative estimate of drug-likeness (QED) is 0.610. The number of nitrogens with one attached hydrogen (secondary N) is 2. The molecule has 1 atom stereocenters. The number of nitrogens with zero attached hydrogens (tertiary/aromatic N) is 1. The first-order valence-electron chi connectivity index (χ1n) is 11.8. The third-order valence-electron chi connectivity index (χ3n) is 5.77. The molecule has 2 N–H and O–H groups in total. The summed E-state index contributed by atoms with van der Waals surface area (Å²) < 4.78 is 5.26. The van der Waals surface area contributed by atoms with Crippen molar-refractivity contribution in [3.63, 3.8) is 0 Å². The van der Waals surface area contributed by atoms with Gasteiger partial charge in [-0.1, -0.05) is 60.2 Å². The van der Waals surface area contributed by atoms with E-state index < -0.39 is 17.7 Å². The van der Waals surface area contributed by atoms with Gasteiger partial charge in [-0.2, -0.15) is 0 Å². The van der Waals surface area contributed by atoms with Crippen molar-refractivity contribution in [1.29, 1.82) is 0 Å².